The molecule has 0 bridgehead atoms. The highest BCUT2D eigenvalue weighted by Crippen LogP contribution is 1.98. The van der Waals surface area contributed by atoms with Gasteiger partial charge in [-0.05, 0) is 32.9 Å². The number of carbonyl (C=O) groups is 1. The van der Waals surface area contributed by atoms with Crippen LogP contribution in [0.1, 0.15) is 6.92 Å². The van der Waals surface area contributed by atoms with Crippen molar-refractivity contribution in [2.75, 3.05) is 0 Å². The van der Waals surface area contributed by atoms with E-state index in [2.05, 4.69) is 9.98 Å². The Morgan fingerprint density at radius 3 is 2.80 bits per heavy atom. The average molecular weight is 192 g/mol. The summed E-state index contributed by atoms with van der Waals surface area (Å²) in [4.78, 5) is 17.4. The lowest BCUT2D eigenvalue weighted by atomic mass is 10.8. The molecule has 6 heteroatoms. The molecule has 1 rings (SSSR count). The molecule has 0 aliphatic heterocycles. The van der Waals surface area contributed by atoms with Crippen LogP contribution in [0.15, 0.2) is 4.99 Å². The summed E-state index contributed by atoms with van der Waals surface area (Å²) in [5.41, 5.74) is 0. The second-order valence-electron chi connectivity index (χ2n) is 1.52. The molecule has 0 aliphatic carbocycles. The fourth-order valence-electron chi connectivity index (χ4n) is 0.396. The molecule has 0 aromatic carbocycles. The number of rotatable bonds is 0. The highest BCUT2D eigenvalue weighted by Gasteiger charge is 1.87. The van der Waals surface area contributed by atoms with Crippen molar-refractivity contribution in [1.29, 1.82) is 0 Å². The fourth-order valence-corrected chi connectivity index (χ4v) is 2.36. The standard InChI is InChI=1S/C4H4N2OS3/c1-2(7)5-3-6-4(8)10-9-3/h1H3,(H,5,6,7,8). The summed E-state index contributed by atoms with van der Waals surface area (Å²) in [5.74, 6) is -0.208. The van der Waals surface area contributed by atoms with Crippen LogP contribution < -0.4 is 4.80 Å². The fraction of sp³-hybridized carbons (Fsp3) is 0.250. The van der Waals surface area contributed by atoms with Crippen molar-refractivity contribution in [2.24, 2.45) is 4.99 Å². The van der Waals surface area contributed by atoms with Crippen LogP contribution in [0.5, 0.6) is 0 Å². The van der Waals surface area contributed by atoms with Gasteiger partial charge in [-0.3, -0.25) is 4.79 Å². The van der Waals surface area contributed by atoms with Crippen LogP contribution >= 0.6 is 32.9 Å². The summed E-state index contributed by atoms with van der Waals surface area (Å²) in [6, 6.07) is 0. The van der Waals surface area contributed by atoms with E-state index in [4.69, 9.17) is 12.2 Å². The largest absolute Gasteiger partial charge is 0.313 e. The first kappa shape index (κ1) is 7.77. The highest BCUT2D eigenvalue weighted by atomic mass is 32.9. The van der Waals surface area contributed by atoms with Gasteiger partial charge in [0.2, 0.25) is 10.7 Å². The summed E-state index contributed by atoms with van der Waals surface area (Å²) in [6.45, 7) is 1.40. The minimum Gasteiger partial charge on any atom is -0.313 e. The van der Waals surface area contributed by atoms with Gasteiger partial charge in [-0.25, -0.2) is 0 Å². The van der Waals surface area contributed by atoms with Gasteiger partial charge in [0.1, 0.15) is 0 Å². The molecule has 0 saturated carbocycles. The maximum atomic E-state index is 10.4. The molecule has 1 N–H and O–H groups in total. The summed E-state index contributed by atoms with van der Waals surface area (Å²) in [5, 5.41) is 0. The molecule has 1 aromatic heterocycles. The molecule has 3 nitrogen and oxygen atoms in total. The maximum absolute atomic E-state index is 10.4. The Labute approximate surface area is 69.5 Å². The Kier molecular flexibility index (Phi) is 2.47. The van der Waals surface area contributed by atoms with Crippen LogP contribution in [0.25, 0.3) is 0 Å². The first-order chi connectivity index (χ1) is 4.68. The molecule has 0 spiro atoms. The summed E-state index contributed by atoms with van der Waals surface area (Å²) < 4.78 is 0.657. The molecule has 10 heavy (non-hydrogen) atoms. The quantitative estimate of drug-likeness (QED) is 0.497. The molecular formula is C4H4N2OS3. The van der Waals surface area contributed by atoms with Crippen LogP contribution in [-0.4, -0.2) is 10.9 Å². The first-order valence-electron chi connectivity index (χ1n) is 2.43. The Hall–Kier alpha value is -0.330. The van der Waals surface area contributed by atoms with Crippen molar-refractivity contribution in [3.05, 3.63) is 8.76 Å². The molecule has 1 amide bonds. The van der Waals surface area contributed by atoms with E-state index in [0.29, 0.717) is 8.76 Å². The highest BCUT2D eigenvalue weighted by molar-refractivity contribution is 7.79. The van der Waals surface area contributed by atoms with Crippen molar-refractivity contribution >= 4 is 38.8 Å². The third kappa shape index (κ3) is 2.13. The van der Waals surface area contributed by atoms with Crippen molar-refractivity contribution < 1.29 is 4.79 Å². The average Bonchev–Trinajstić information content (AvgIpc) is 2.13. The van der Waals surface area contributed by atoms with E-state index in [1.54, 1.807) is 0 Å². The zero-order valence-corrected chi connectivity index (χ0v) is 7.53. The molecule has 54 valence electrons. The lowest BCUT2D eigenvalue weighted by Crippen LogP contribution is -2.00. The topological polar surface area (TPSA) is 45.2 Å². The number of aromatic amines is 1. The van der Waals surface area contributed by atoms with E-state index >= 15 is 0 Å². The number of nitrogens with zero attached hydrogens (tertiary/aromatic N) is 1. The van der Waals surface area contributed by atoms with Gasteiger partial charge in [0, 0.05) is 6.92 Å². The van der Waals surface area contributed by atoms with Gasteiger partial charge in [0.15, 0.2) is 3.95 Å². The minimum atomic E-state index is -0.208. The second kappa shape index (κ2) is 3.18. The van der Waals surface area contributed by atoms with Gasteiger partial charge < -0.3 is 4.98 Å². The maximum Gasteiger partial charge on any atom is 0.245 e. The second-order valence-corrected chi connectivity index (χ2v) is 4.31. The Balaban J connectivity index is 3.18. The number of carbonyl (C=O) groups excluding carboxylic acids is 1. The number of nitrogens with one attached hydrogen (secondary N) is 1. The lowest BCUT2D eigenvalue weighted by Gasteiger charge is -1.72. The van der Waals surface area contributed by atoms with Crippen molar-refractivity contribution in [2.45, 2.75) is 6.92 Å². The third-order valence-corrected chi connectivity index (χ3v) is 3.24. The molecule has 1 heterocycles. The van der Waals surface area contributed by atoms with Crippen LogP contribution in [-0.2, 0) is 4.79 Å². The van der Waals surface area contributed by atoms with Gasteiger partial charge in [-0.2, -0.15) is 4.99 Å². The number of aromatic nitrogens is 1. The van der Waals surface area contributed by atoms with Gasteiger partial charge in [-0.1, -0.05) is 0 Å². The third-order valence-electron chi connectivity index (χ3n) is 0.664. The van der Waals surface area contributed by atoms with Crippen LogP contribution in [0.3, 0.4) is 0 Å². The molecule has 0 radical (unpaired) electrons. The summed E-state index contributed by atoms with van der Waals surface area (Å²) in [7, 11) is 2.77. The zero-order chi connectivity index (χ0) is 7.56. The smallest absolute Gasteiger partial charge is 0.245 e. The molecule has 0 atom stereocenters. The van der Waals surface area contributed by atoms with Crippen molar-refractivity contribution in [3.8, 4) is 0 Å². The molecular weight excluding hydrogens is 188 g/mol. The SMILES string of the molecule is CC(=O)/N=c1\[nH]c(=S)ss1. The van der Waals surface area contributed by atoms with E-state index in [-0.39, 0.29) is 5.91 Å². The number of amides is 1. The molecule has 1 aromatic rings. The van der Waals surface area contributed by atoms with E-state index < -0.39 is 0 Å². The number of hydrogen-bond donors (Lipinski definition) is 1. The summed E-state index contributed by atoms with van der Waals surface area (Å²) in [6.07, 6.45) is 0. The Morgan fingerprint density at radius 2 is 2.40 bits per heavy atom. The number of H-pyrrole nitrogens is 1. The monoisotopic (exact) mass is 192 g/mol. The predicted molar refractivity (Wildman–Crippen MR) is 43.6 cm³/mol. The van der Waals surface area contributed by atoms with Crippen molar-refractivity contribution in [3.63, 3.8) is 0 Å². The molecule has 0 saturated heterocycles. The predicted octanol–water partition coefficient (Wildman–Crippen LogP) is 1.31. The van der Waals surface area contributed by atoms with Crippen molar-refractivity contribution in [1.82, 2.24) is 4.98 Å². The van der Waals surface area contributed by atoms with E-state index in [1.165, 1.54) is 27.6 Å². The normalized spacial score (nSPS) is 11.9. The Bertz CT molecular complexity index is 344. The molecule has 0 fully saturated rings. The van der Waals surface area contributed by atoms with Gasteiger partial charge >= 0.3 is 0 Å². The van der Waals surface area contributed by atoms with Gasteiger partial charge in [0.05, 0.1) is 0 Å². The van der Waals surface area contributed by atoms with Crippen LogP contribution in [0.2, 0.25) is 0 Å². The molecule has 0 aliphatic rings. The van der Waals surface area contributed by atoms with Gasteiger partial charge in [-0.15, -0.1) is 0 Å². The van der Waals surface area contributed by atoms with Crippen LogP contribution in [0, 0.1) is 3.95 Å². The van der Waals surface area contributed by atoms with E-state index in [0.717, 1.165) is 0 Å². The number of hydrogen-bond acceptors (Lipinski definition) is 4. The minimum absolute atomic E-state index is 0.208. The van der Waals surface area contributed by atoms with E-state index in [1.807, 2.05) is 0 Å². The summed E-state index contributed by atoms with van der Waals surface area (Å²) >= 11 is 4.79. The molecule has 0 unspecified atom stereocenters. The first-order valence-corrected chi connectivity index (χ1v) is 4.99. The van der Waals surface area contributed by atoms with Crippen LogP contribution in [0.4, 0.5) is 0 Å². The Morgan fingerprint density at radius 1 is 1.70 bits per heavy atom. The van der Waals surface area contributed by atoms with E-state index in [9.17, 15) is 4.79 Å². The lowest BCUT2D eigenvalue weighted by molar-refractivity contribution is -0.116. The zero-order valence-electron chi connectivity index (χ0n) is 5.08. The van der Waals surface area contributed by atoms with Gasteiger partial charge in [0.25, 0.3) is 0 Å².